The molecule has 90 valence electrons. The number of amides is 1. The van der Waals surface area contributed by atoms with Crippen molar-refractivity contribution in [3.8, 4) is 0 Å². The van der Waals surface area contributed by atoms with Crippen LogP contribution < -0.4 is 16.0 Å². The molecule has 0 saturated carbocycles. The third-order valence-corrected chi connectivity index (χ3v) is 3.67. The number of carbonyl (C=O) groups excluding carboxylic acids is 1. The first kappa shape index (κ1) is 10.4. The second-order valence-electron chi connectivity index (χ2n) is 4.70. The Bertz CT molecular complexity index is 431. The molecular weight excluding hydrogens is 216 g/mol. The average molecular weight is 232 g/mol. The van der Waals surface area contributed by atoms with Crippen LogP contribution in [0.3, 0.4) is 0 Å². The molecule has 2 saturated heterocycles. The van der Waals surface area contributed by atoms with Crippen molar-refractivity contribution in [2.45, 2.75) is 18.9 Å². The number of aromatic nitrogens is 1. The fourth-order valence-corrected chi connectivity index (χ4v) is 2.80. The van der Waals surface area contributed by atoms with Gasteiger partial charge in [0.15, 0.2) is 0 Å². The van der Waals surface area contributed by atoms with Gasteiger partial charge >= 0.3 is 0 Å². The van der Waals surface area contributed by atoms with Gasteiger partial charge in [-0.25, -0.2) is 4.98 Å². The molecular formula is C12H16N4O. The maximum atomic E-state index is 11.7. The van der Waals surface area contributed by atoms with E-state index in [4.69, 9.17) is 5.73 Å². The van der Waals surface area contributed by atoms with Crippen molar-refractivity contribution in [1.29, 1.82) is 0 Å². The molecule has 1 aromatic rings. The Morgan fingerprint density at radius 3 is 3.12 bits per heavy atom. The standard InChI is InChI=1S/C12H16N4O/c13-8-3-4-11(14-6-8)16-5-1-2-9-10(16)7-15-12(9)17/h3-4,6,9-10H,1-2,5,7,13H2,(H,15,17). The Morgan fingerprint density at radius 2 is 2.35 bits per heavy atom. The van der Waals surface area contributed by atoms with Crippen LogP contribution in [0.1, 0.15) is 12.8 Å². The van der Waals surface area contributed by atoms with Gasteiger partial charge in [0.05, 0.1) is 23.8 Å². The number of anilines is 2. The lowest BCUT2D eigenvalue weighted by atomic mass is 9.91. The zero-order valence-electron chi connectivity index (χ0n) is 9.60. The van der Waals surface area contributed by atoms with E-state index in [1.807, 2.05) is 12.1 Å². The Hall–Kier alpha value is -1.78. The Kier molecular flexibility index (Phi) is 2.39. The molecule has 1 amide bonds. The first-order valence-electron chi connectivity index (χ1n) is 6.01. The summed E-state index contributed by atoms with van der Waals surface area (Å²) in [5.41, 5.74) is 6.31. The van der Waals surface area contributed by atoms with Gasteiger partial charge in [-0.3, -0.25) is 4.79 Å². The first-order chi connectivity index (χ1) is 8.25. The molecule has 1 aromatic heterocycles. The number of fused-ring (bicyclic) bond motifs is 1. The second-order valence-corrected chi connectivity index (χ2v) is 4.70. The summed E-state index contributed by atoms with van der Waals surface area (Å²) in [4.78, 5) is 18.2. The molecule has 0 radical (unpaired) electrons. The molecule has 3 rings (SSSR count). The van der Waals surface area contributed by atoms with Crippen LogP contribution in [0.2, 0.25) is 0 Å². The summed E-state index contributed by atoms with van der Waals surface area (Å²) in [6.07, 6.45) is 3.70. The monoisotopic (exact) mass is 232 g/mol. The number of piperidine rings is 1. The molecule has 17 heavy (non-hydrogen) atoms. The summed E-state index contributed by atoms with van der Waals surface area (Å²) in [6, 6.07) is 4.05. The molecule has 2 atom stereocenters. The number of pyridine rings is 1. The first-order valence-corrected chi connectivity index (χ1v) is 6.01. The molecule has 2 aliphatic rings. The zero-order chi connectivity index (χ0) is 11.8. The van der Waals surface area contributed by atoms with E-state index in [-0.39, 0.29) is 17.9 Å². The Labute approximate surface area is 100 Å². The molecule has 2 unspecified atom stereocenters. The topological polar surface area (TPSA) is 71.2 Å². The zero-order valence-corrected chi connectivity index (χ0v) is 9.60. The van der Waals surface area contributed by atoms with E-state index in [0.717, 1.165) is 31.7 Å². The molecule has 0 aliphatic carbocycles. The minimum Gasteiger partial charge on any atom is -0.397 e. The van der Waals surface area contributed by atoms with Crippen molar-refractivity contribution < 1.29 is 4.79 Å². The highest BCUT2D eigenvalue weighted by molar-refractivity contribution is 5.83. The lowest BCUT2D eigenvalue weighted by molar-refractivity contribution is -0.122. The summed E-state index contributed by atoms with van der Waals surface area (Å²) in [5, 5.41) is 2.94. The third-order valence-electron chi connectivity index (χ3n) is 3.67. The number of hydrogen-bond donors (Lipinski definition) is 2. The highest BCUT2D eigenvalue weighted by atomic mass is 16.2. The highest BCUT2D eigenvalue weighted by Crippen LogP contribution is 2.30. The second kappa shape index (κ2) is 3.91. The number of nitrogen functional groups attached to an aromatic ring is 1. The van der Waals surface area contributed by atoms with Crippen LogP contribution in [0, 0.1) is 5.92 Å². The largest absolute Gasteiger partial charge is 0.397 e. The SMILES string of the molecule is Nc1ccc(N2CCCC3C(=O)NCC32)nc1. The van der Waals surface area contributed by atoms with Crippen molar-refractivity contribution in [1.82, 2.24) is 10.3 Å². The maximum absolute atomic E-state index is 11.7. The maximum Gasteiger partial charge on any atom is 0.225 e. The predicted octanol–water partition coefficient (Wildman–Crippen LogP) is 0.379. The lowest BCUT2D eigenvalue weighted by Crippen LogP contribution is -2.46. The predicted molar refractivity (Wildman–Crippen MR) is 65.5 cm³/mol. The molecule has 5 heteroatoms. The quantitative estimate of drug-likeness (QED) is 0.734. The van der Waals surface area contributed by atoms with Crippen LogP contribution >= 0.6 is 0 Å². The molecule has 2 aliphatic heterocycles. The van der Waals surface area contributed by atoms with Gasteiger partial charge in [-0.1, -0.05) is 0 Å². The number of rotatable bonds is 1. The fraction of sp³-hybridized carbons (Fsp3) is 0.500. The van der Waals surface area contributed by atoms with Crippen LogP contribution in [0.4, 0.5) is 11.5 Å². The smallest absolute Gasteiger partial charge is 0.225 e. The van der Waals surface area contributed by atoms with Gasteiger partial charge in [0.2, 0.25) is 5.91 Å². The van der Waals surface area contributed by atoms with Crippen LogP contribution in [0.5, 0.6) is 0 Å². The van der Waals surface area contributed by atoms with E-state index >= 15 is 0 Å². The number of nitrogens with one attached hydrogen (secondary N) is 1. The summed E-state index contributed by atoms with van der Waals surface area (Å²) in [7, 11) is 0. The summed E-state index contributed by atoms with van der Waals surface area (Å²) in [5.74, 6) is 1.24. The van der Waals surface area contributed by atoms with Crippen LogP contribution in [0.15, 0.2) is 18.3 Å². The highest BCUT2D eigenvalue weighted by Gasteiger charge is 2.41. The van der Waals surface area contributed by atoms with E-state index in [0.29, 0.717) is 5.69 Å². The summed E-state index contributed by atoms with van der Waals surface area (Å²) < 4.78 is 0. The summed E-state index contributed by atoms with van der Waals surface area (Å²) >= 11 is 0. The van der Waals surface area contributed by atoms with Crippen molar-refractivity contribution in [3.63, 3.8) is 0 Å². The van der Waals surface area contributed by atoms with Crippen molar-refractivity contribution in [2.24, 2.45) is 5.92 Å². The Morgan fingerprint density at radius 1 is 1.47 bits per heavy atom. The molecule has 5 nitrogen and oxygen atoms in total. The fourth-order valence-electron chi connectivity index (χ4n) is 2.80. The van der Waals surface area contributed by atoms with Gasteiger partial charge in [0, 0.05) is 13.1 Å². The van der Waals surface area contributed by atoms with E-state index in [2.05, 4.69) is 15.2 Å². The van der Waals surface area contributed by atoms with Crippen molar-refractivity contribution in [3.05, 3.63) is 18.3 Å². The minimum absolute atomic E-state index is 0.128. The minimum atomic E-state index is 0.128. The molecule has 0 spiro atoms. The van der Waals surface area contributed by atoms with Gasteiger partial charge in [0.25, 0.3) is 0 Å². The van der Waals surface area contributed by atoms with E-state index in [9.17, 15) is 4.79 Å². The van der Waals surface area contributed by atoms with Crippen molar-refractivity contribution in [2.75, 3.05) is 23.7 Å². The third kappa shape index (κ3) is 1.71. The van der Waals surface area contributed by atoms with E-state index < -0.39 is 0 Å². The molecule has 2 fully saturated rings. The average Bonchev–Trinajstić information content (AvgIpc) is 2.73. The van der Waals surface area contributed by atoms with Crippen molar-refractivity contribution >= 4 is 17.4 Å². The lowest BCUT2D eigenvalue weighted by Gasteiger charge is -2.36. The molecule has 3 N–H and O–H groups in total. The van der Waals surface area contributed by atoms with Gasteiger partial charge in [-0.05, 0) is 25.0 Å². The number of nitrogens with two attached hydrogens (primary N) is 1. The number of nitrogens with zero attached hydrogens (tertiary/aromatic N) is 2. The molecule has 0 aromatic carbocycles. The van der Waals surface area contributed by atoms with Gasteiger partial charge in [0.1, 0.15) is 5.82 Å². The van der Waals surface area contributed by atoms with Crippen LogP contribution in [-0.2, 0) is 4.79 Å². The molecule has 0 bridgehead atoms. The van der Waals surface area contributed by atoms with Gasteiger partial charge in [-0.2, -0.15) is 0 Å². The number of carbonyl (C=O) groups is 1. The normalized spacial score (nSPS) is 27.8. The van der Waals surface area contributed by atoms with Gasteiger partial charge < -0.3 is 16.0 Å². The van der Waals surface area contributed by atoms with Gasteiger partial charge in [-0.15, -0.1) is 0 Å². The molecule has 3 heterocycles. The van der Waals surface area contributed by atoms with E-state index in [1.165, 1.54) is 0 Å². The van der Waals surface area contributed by atoms with Crippen LogP contribution in [0.25, 0.3) is 0 Å². The summed E-state index contributed by atoms with van der Waals surface area (Å²) in [6.45, 7) is 1.70. The van der Waals surface area contributed by atoms with E-state index in [1.54, 1.807) is 6.20 Å². The number of hydrogen-bond acceptors (Lipinski definition) is 4. The Balaban J connectivity index is 1.87. The van der Waals surface area contributed by atoms with Crippen LogP contribution in [-0.4, -0.2) is 30.0 Å².